The van der Waals surface area contributed by atoms with Crippen molar-refractivity contribution >= 4 is 51.6 Å². The number of imide groups is 1. The number of thioether (sulfide) groups is 1. The third kappa shape index (κ3) is 5.21. The zero-order chi connectivity index (χ0) is 19.4. The molecule has 1 aromatic carbocycles. The fourth-order valence-corrected chi connectivity index (χ4v) is 5.12. The van der Waals surface area contributed by atoms with Crippen molar-refractivity contribution in [1.82, 2.24) is 15.1 Å². The number of likely N-dealkylation sites (tertiary alicyclic amines) is 1. The molecule has 0 radical (unpaired) electrons. The van der Waals surface area contributed by atoms with Crippen molar-refractivity contribution in [2.75, 3.05) is 11.9 Å². The molecule has 144 valence electrons. The van der Waals surface area contributed by atoms with Gasteiger partial charge in [0.1, 0.15) is 0 Å². The monoisotopic (exact) mass is 424 g/mol. The summed E-state index contributed by atoms with van der Waals surface area (Å²) in [5.74, 6) is -0.436. The number of nitrogens with zero attached hydrogens (tertiary/aromatic N) is 3. The maximum atomic E-state index is 13.0. The van der Waals surface area contributed by atoms with Crippen molar-refractivity contribution in [3.05, 3.63) is 34.9 Å². The van der Waals surface area contributed by atoms with Gasteiger partial charge in [-0.05, 0) is 51.0 Å². The van der Waals surface area contributed by atoms with Crippen LogP contribution in [0.3, 0.4) is 0 Å². The molecule has 0 saturated carbocycles. The van der Waals surface area contributed by atoms with Crippen LogP contribution in [-0.2, 0) is 4.79 Å². The Balaban J connectivity index is 1.72. The van der Waals surface area contributed by atoms with Crippen molar-refractivity contribution in [1.29, 1.82) is 0 Å². The van der Waals surface area contributed by atoms with Crippen LogP contribution in [0.2, 0.25) is 5.02 Å². The standard InChI is InChI=1S/C18H21ClN4O2S2/c1-11(2)20-17-21-22-18(27-17)26-14-5-3-4-10-23(16(14)25)15(24)12-6-8-13(19)9-7-12/h6-9,11,14H,3-5,10H2,1-2H3,(H,20,21). The third-order valence-corrected chi connectivity index (χ3v) is 6.48. The largest absolute Gasteiger partial charge is 0.358 e. The highest BCUT2D eigenvalue weighted by molar-refractivity contribution is 8.02. The normalized spacial score (nSPS) is 17.9. The lowest BCUT2D eigenvalue weighted by Crippen LogP contribution is -2.41. The van der Waals surface area contributed by atoms with Crippen LogP contribution < -0.4 is 5.32 Å². The highest BCUT2D eigenvalue weighted by Gasteiger charge is 2.33. The molecule has 2 aromatic rings. The van der Waals surface area contributed by atoms with E-state index in [1.165, 1.54) is 28.0 Å². The Bertz CT molecular complexity index is 810. The van der Waals surface area contributed by atoms with Crippen LogP contribution in [0.4, 0.5) is 5.13 Å². The number of amides is 2. The minimum Gasteiger partial charge on any atom is -0.358 e. The van der Waals surface area contributed by atoms with E-state index in [4.69, 9.17) is 11.6 Å². The summed E-state index contributed by atoms with van der Waals surface area (Å²) in [5, 5.41) is 12.5. The minimum absolute atomic E-state index is 0.161. The second-order valence-electron chi connectivity index (χ2n) is 6.58. The summed E-state index contributed by atoms with van der Waals surface area (Å²) in [5.41, 5.74) is 0.470. The molecule has 1 aromatic heterocycles. The van der Waals surface area contributed by atoms with E-state index in [9.17, 15) is 9.59 Å². The Hall–Kier alpha value is -1.64. The van der Waals surface area contributed by atoms with E-state index < -0.39 is 0 Å². The molecule has 1 unspecified atom stereocenters. The Morgan fingerprint density at radius 2 is 2.04 bits per heavy atom. The van der Waals surface area contributed by atoms with E-state index in [-0.39, 0.29) is 23.1 Å². The molecular formula is C18H21ClN4O2S2. The maximum absolute atomic E-state index is 13.0. The van der Waals surface area contributed by atoms with Crippen LogP contribution in [0, 0.1) is 0 Å². The number of carbonyl (C=O) groups excluding carboxylic acids is 2. The number of hydrogen-bond donors (Lipinski definition) is 1. The van der Waals surface area contributed by atoms with Crippen LogP contribution in [0.15, 0.2) is 28.6 Å². The highest BCUT2D eigenvalue weighted by Crippen LogP contribution is 2.34. The Morgan fingerprint density at radius 1 is 1.30 bits per heavy atom. The molecule has 1 fully saturated rings. The predicted octanol–water partition coefficient (Wildman–Crippen LogP) is 4.33. The summed E-state index contributed by atoms with van der Waals surface area (Å²) in [4.78, 5) is 27.2. The SMILES string of the molecule is CC(C)Nc1nnc(SC2CCCCN(C(=O)c3ccc(Cl)cc3)C2=O)s1. The predicted molar refractivity (Wildman–Crippen MR) is 110 cm³/mol. The highest BCUT2D eigenvalue weighted by atomic mass is 35.5. The van der Waals surface area contributed by atoms with Gasteiger partial charge in [0.2, 0.25) is 11.0 Å². The first-order chi connectivity index (χ1) is 12.9. The van der Waals surface area contributed by atoms with Gasteiger partial charge < -0.3 is 5.32 Å². The van der Waals surface area contributed by atoms with E-state index in [0.717, 1.165) is 28.7 Å². The van der Waals surface area contributed by atoms with Gasteiger partial charge >= 0.3 is 0 Å². The fourth-order valence-electron chi connectivity index (χ4n) is 2.75. The lowest BCUT2D eigenvalue weighted by molar-refractivity contribution is -0.127. The number of benzene rings is 1. The molecule has 2 heterocycles. The van der Waals surface area contributed by atoms with E-state index in [1.54, 1.807) is 24.3 Å². The van der Waals surface area contributed by atoms with Gasteiger partial charge in [-0.15, -0.1) is 10.2 Å². The van der Waals surface area contributed by atoms with Crippen molar-refractivity contribution in [2.45, 2.75) is 48.7 Å². The number of nitrogens with one attached hydrogen (secondary N) is 1. The molecule has 9 heteroatoms. The smallest absolute Gasteiger partial charge is 0.260 e. The van der Waals surface area contributed by atoms with Crippen LogP contribution in [0.25, 0.3) is 0 Å². The molecule has 0 aliphatic carbocycles. The molecule has 1 atom stereocenters. The third-order valence-electron chi connectivity index (χ3n) is 4.04. The van der Waals surface area contributed by atoms with Gasteiger partial charge in [-0.2, -0.15) is 0 Å². The Kier molecular flexibility index (Phi) is 6.73. The number of carbonyl (C=O) groups is 2. The average Bonchev–Trinajstić information content (AvgIpc) is 2.98. The van der Waals surface area contributed by atoms with Crippen LogP contribution in [0.5, 0.6) is 0 Å². The van der Waals surface area contributed by atoms with Gasteiger partial charge in [0.05, 0.1) is 5.25 Å². The molecule has 1 aliphatic rings. The van der Waals surface area contributed by atoms with Crippen molar-refractivity contribution in [3.8, 4) is 0 Å². The van der Waals surface area contributed by atoms with Crippen molar-refractivity contribution < 1.29 is 9.59 Å². The lowest BCUT2D eigenvalue weighted by atomic mass is 10.2. The first-order valence-corrected chi connectivity index (χ1v) is 10.9. The fraction of sp³-hybridized carbons (Fsp3) is 0.444. The van der Waals surface area contributed by atoms with Gasteiger partial charge in [-0.1, -0.05) is 41.1 Å². The maximum Gasteiger partial charge on any atom is 0.260 e. The van der Waals surface area contributed by atoms with E-state index in [2.05, 4.69) is 15.5 Å². The number of halogens is 1. The molecule has 6 nitrogen and oxygen atoms in total. The minimum atomic E-state index is -0.330. The number of rotatable bonds is 5. The summed E-state index contributed by atoms with van der Waals surface area (Å²) in [7, 11) is 0. The molecule has 1 saturated heterocycles. The molecule has 1 aliphatic heterocycles. The first kappa shape index (κ1) is 20.1. The number of hydrogen-bond acceptors (Lipinski definition) is 7. The Labute approximate surface area is 171 Å². The van der Waals surface area contributed by atoms with Gasteiger partial charge in [-0.3, -0.25) is 14.5 Å². The van der Waals surface area contributed by atoms with Crippen LogP contribution in [-0.4, -0.2) is 44.7 Å². The number of anilines is 1. The molecule has 27 heavy (non-hydrogen) atoms. The molecular weight excluding hydrogens is 404 g/mol. The second kappa shape index (κ2) is 9.03. The van der Waals surface area contributed by atoms with E-state index in [0.29, 0.717) is 17.1 Å². The van der Waals surface area contributed by atoms with Crippen molar-refractivity contribution in [2.24, 2.45) is 0 Å². The van der Waals surface area contributed by atoms with Crippen LogP contribution >= 0.6 is 34.7 Å². The zero-order valence-electron chi connectivity index (χ0n) is 15.1. The summed E-state index contributed by atoms with van der Waals surface area (Å²) in [6.07, 6.45) is 2.42. The Morgan fingerprint density at radius 3 is 2.74 bits per heavy atom. The van der Waals surface area contributed by atoms with E-state index in [1.807, 2.05) is 13.8 Å². The zero-order valence-corrected chi connectivity index (χ0v) is 17.5. The topological polar surface area (TPSA) is 75.2 Å². The average molecular weight is 425 g/mol. The van der Waals surface area contributed by atoms with Gasteiger partial charge in [0.25, 0.3) is 5.91 Å². The summed E-state index contributed by atoms with van der Waals surface area (Å²) in [6, 6.07) is 6.89. The van der Waals surface area contributed by atoms with E-state index >= 15 is 0 Å². The van der Waals surface area contributed by atoms with Crippen LogP contribution in [0.1, 0.15) is 43.5 Å². The lowest BCUT2D eigenvalue weighted by Gasteiger charge is -2.22. The molecule has 1 N–H and O–H groups in total. The molecule has 2 amide bonds. The molecule has 3 rings (SSSR count). The molecule has 0 bridgehead atoms. The summed E-state index contributed by atoms with van der Waals surface area (Å²) in [6.45, 7) is 4.50. The molecule has 0 spiro atoms. The second-order valence-corrected chi connectivity index (χ2v) is 9.44. The van der Waals surface area contributed by atoms with Gasteiger partial charge in [0, 0.05) is 23.2 Å². The summed E-state index contributed by atoms with van der Waals surface area (Å²) >= 11 is 8.72. The number of aromatic nitrogens is 2. The first-order valence-electron chi connectivity index (χ1n) is 8.82. The quantitative estimate of drug-likeness (QED) is 0.720. The van der Waals surface area contributed by atoms with Gasteiger partial charge in [0.15, 0.2) is 4.34 Å². The van der Waals surface area contributed by atoms with Crippen molar-refractivity contribution in [3.63, 3.8) is 0 Å². The summed E-state index contributed by atoms with van der Waals surface area (Å²) < 4.78 is 0.734. The van der Waals surface area contributed by atoms with Gasteiger partial charge in [-0.25, -0.2) is 0 Å².